The minimum Gasteiger partial charge on any atom is -0.465 e. The molecule has 8 heteroatoms. The minimum atomic E-state index is -0.676. The fourth-order valence-electron chi connectivity index (χ4n) is 2.08. The monoisotopic (exact) mass is 332 g/mol. The summed E-state index contributed by atoms with van der Waals surface area (Å²) in [6.45, 7) is 2.38. The third kappa shape index (κ3) is 3.85. The zero-order valence-electron chi connectivity index (χ0n) is 12.5. The van der Waals surface area contributed by atoms with E-state index >= 15 is 0 Å². The summed E-state index contributed by atoms with van der Waals surface area (Å²) in [6, 6.07) is 5.50. The normalized spacial score (nSPS) is 12.3. The van der Waals surface area contributed by atoms with Crippen LogP contribution < -0.4 is 5.32 Å². The number of furan rings is 1. The van der Waals surface area contributed by atoms with Crippen molar-refractivity contribution in [2.24, 2.45) is 0 Å². The van der Waals surface area contributed by atoms with E-state index in [1.807, 2.05) is 35.9 Å². The van der Waals surface area contributed by atoms with Crippen LogP contribution in [0.5, 0.6) is 0 Å². The fourth-order valence-corrected chi connectivity index (χ4v) is 2.78. The van der Waals surface area contributed by atoms with Crippen LogP contribution in [0.1, 0.15) is 33.7 Å². The van der Waals surface area contributed by atoms with Crippen LogP contribution in [0, 0.1) is 6.92 Å². The van der Waals surface area contributed by atoms with Crippen molar-refractivity contribution in [3.63, 3.8) is 0 Å². The van der Waals surface area contributed by atoms with Gasteiger partial charge in [-0.05, 0) is 41.4 Å². The van der Waals surface area contributed by atoms with Crippen molar-refractivity contribution in [2.75, 3.05) is 0 Å². The molecular formula is C15H16N4O3S. The third-order valence-corrected chi connectivity index (χ3v) is 3.98. The van der Waals surface area contributed by atoms with Crippen LogP contribution in [-0.4, -0.2) is 26.0 Å². The van der Waals surface area contributed by atoms with Gasteiger partial charge in [-0.25, -0.2) is 4.68 Å². The van der Waals surface area contributed by atoms with Gasteiger partial charge in [-0.15, -0.1) is 5.10 Å². The molecule has 3 heterocycles. The summed E-state index contributed by atoms with van der Waals surface area (Å²) >= 11 is 1.52. The second kappa shape index (κ2) is 6.76. The molecule has 2 N–H and O–H groups in total. The first kappa shape index (κ1) is 15.4. The standard InChI is InChI=1S/C15H16N4O3S/c1-10-2-3-12(22-10)6-16-15(21)13-7-19(18-17-13)8-14(20)11-4-5-23-9-11/h2-5,7,9,14,20H,6,8H2,1H3,(H,16,21). The minimum absolute atomic E-state index is 0.200. The number of rotatable bonds is 6. The Balaban J connectivity index is 1.56. The van der Waals surface area contributed by atoms with Crippen molar-refractivity contribution < 1.29 is 14.3 Å². The Kier molecular flexibility index (Phi) is 4.54. The Morgan fingerprint density at radius 2 is 2.35 bits per heavy atom. The summed E-state index contributed by atoms with van der Waals surface area (Å²) in [7, 11) is 0. The number of aliphatic hydroxyl groups is 1. The number of aromatic nitrogens is 3. The molecule has 0 aromatic carbocycles. The van der Waals surface area contributed by atoms with Crippen LogP contribution in [0.25, 0.3) is 0 Å². The van der Waals surface area contributed by atoms with Crippen LogP contribution in [0.3, 0.4) is 0 Å². The van der Waals surface area contributed by atoms with Gasteiger partial charge in [-0.1, -0.05) is 5.21 Å². The predicted molar refractivity (Wildman–Crippen MR) is 83.9 cm³/mol. The highest BCUT2D eigenvalue weighted by Gasteiger charge is 2.14. The lowest BCUT2D eigenvalue weighted by molar-refractivity contribution is 0.0942. The summed E-state index contributed by atoms with van der Waals surface area (Å²) in [5, 5.41) is 24.3. The third-order valence-electron chi connectivity index (χ3n) is 3.28. The number of amides is 1. The molecular weight excluding hydrogens is 316 g/mol. The highest BCUT2D eigenvalue weighted by Crippen LogP contribution is 2.17. The number of aliphatic hydroxyl groups excluding tert-OH is 1. The average Bonchev–Trinajstić information content (AvgIpc) is 3.26. The van der Waals surface area contributed by atoms with Gasteiger partial charge in [0.15, 0.2) is 5.69 Å². The van der Waals surface area contributed by atoms with Crippen LogP contribution >= 0.6 is 11.3 Å². The summed E-state index contributed by atoms with van der Waals surface area (Å²) in [5.74, 6) is 1.13. The van der Waals surface area contributed by atoms with E-state index in [0.717, 1.165) is 11.3 Å². The van der Waals surface area contributed by atoms with Gasteiger partial charge in [0.1, 0.15) is 11.5 Å². The number of hydrogen-bond acceptors (Lipinski definition) is 6. The summed E-state index contributed by atoms with van der Waals surface area (Å²) < 4.78 is 6.83. The van der Waals surface area contributed by atoms with Crippen molar-refractivity contribution in [2.45, 2.75) is 26.1 Å². The summed E-state index contributed by atoms with van der Waals surface area (Å²) in [6.07, 6.45) is 0.836. The number of hydrogen-bond donors (Lipinski definition) is 2. The molecule has 0 fully saturated rings. The van der Waals surface area contributed by atoms with Crippen molar-refractivity contribution in [1.29, 1.82) is 0 Å². The van der Waals surface area contributed by atoms with Gasteiger partial charge in [-0.2, -0.15) is 11.3 Å². The second-order valence-electron chi connectivity index (χ2n) is 5.09. The first-order valence-corrected chi connectivity index (χ1v) is 8.00. The number of aryl methyl sites for hydroxylation is 1. The quantitative estimate of drug-likeness (QED) is 0.719. The van der Waals surface area contributed by atoms with E-state index in [9.17, 15) is 9.90 Å². The second-order valence-corrected chi connectivity index (χ2v) is 5.87. The smallest absolute Gasteiger partial charge is 0.273 e. The van der Waals surface area contributed by atoms with Crippen LogP contribution in [0.4, 0.5) is 0 Å². The Bertz CT molecular complexity index is 778. The lowest BCUT2D eigenvalue weighted by Crippen LogP contribution is -2.22. The van der Waals surface area contributed by atoms with Crippen LogP contribution in [0.15, 0.2) is 39.6 Å². The Labute approximate surface area is 136 Å². The molecule has 7 nitrogen and oxygen atoms in total. The van der Waals surface area contributed by atoms with E-state index in [-0.39, 0.29) is 24.7 Å². The first-order chi connectivity index (χ1) is 11.1. The van der Waals surface area contributed by atoms with Gasteiger partial charge in [0.2, 0.25) is 0 Å². The largest absolute Gasteiger partial charge is 0.465 e. The molecule has 1 unspecified atom stereocenters. The van der Waals surface area contributed by atoms with Crippen molar-refractivity contribution in [3.8, 4) is 0 Å². The molecule has 0 aliphatic heterocycles. The maximum absolute atomic E-state index is 12.0. The van der Waals surface area contributed by atoms with E-state index < -0.39 is 6.10 Å². The zero-order chi connectivity index (χ0) is 16.2. The number of thiophene rings is 1. The number of nitrogens with one attached hydrogen (secondary N) is 1. The van der Waals surface area contributed by atoms with E-state index in [2.05, 4.69) is 15.6 Å². The van der Waals surface area contributed by atoms with Gasteiger partial charge >= 0.3 is 0 Å². The van der Waals surface area contributed by atoms with Gasteiger partial charge in [0.05, 0.1) is 25.4 Å². The molecule has 0 spiro atoms. The Hall–Kier alpha value is -2.45. The van der Waals surface area contributed by atoms with E-state index in [0.29, 0.717) is 5.76 Å². The molecule has 0 saturated heterocycles. The summed E-state index contributed by atoms with van der Waals surface area (Å²) in [4.78, 5) is 12.0. The molecule has 3 aromatic rings. The summed E-state index contributed by atoms with van der Waals surface area (Å²) in [5.41, 5.74) is 1.02. The SMILES string of the molecule is Cc1ccc(CNC(=O)c2cn(CC(O)c3ccsc3)nn2)o1. The Morgan fingerprint density at radius 1 is 1.48 bits per heavy atom. The van der Waals surface area contributed by atoms with E-state index in [4.69, 9.17) is 4.42 Å². The fraction of sp³-hybridized carbons (Fsp3) is 0.267. The molecule has 0 aliphatic rings. The molecule has 0 bridgehead atoms. The number of carbonyl (C=O) groups is 1. The maximum atomic E-state index is 12.0. The first-order valence-electron chi connectivity index (χ1n) is 7.05. The van der Waals surface area contributed by atoms with Crippen molar-refractivity contribution in [1.82, 2.24) is 20.3 Å². The molecule has 3 rings (SSSR count). The zero-order valence-corrected chi connectivity index (χ0v) is 13.3. The molecule has 0 radical (unpaired) electrons. The van der Waals surface area contributed by atoms with Gasteiger partial charge in [-0.3, -0.25) is 4.79 Å². The van der Waals surface area contributed by atoms with Crippen LogP contribution in [-0.2, 0) is 13.1 Å². The predicted octanol–water partition coefficient (Wildman–Crippen LogP) is 1.90. The van der Waals surface area contributed by atoms with E-state index in [1.54, 1.807) is 0 Å². The molecule has 120 valence electrons. The van der Waals surface area contributed by atoms with Crippen molar-refractivity contribution in [3.05, 3.63) is 57.9 Å². The number of carbonyl (C=O) groups excluding carboxylic acids is 1. The van der Waals surface area contributed by atoms with Gasteiger partial charge in [0, 0.05) is 0 Å². The van der Waals surface area contributed by atoms with Gasteiger partial charge in [0.25, 0.3) is 5.91 Å². The molecule has 3 aromatic heterocycles. The lowest BCUT2D eigenvalue weighted by atomic mass is 10.2. The van der Waals surface area contributed by atoms with Gasteiger partial charge < -0.3 is 14.8 Å². The van der Waals surface area contributed by atoms with Crippen LogP contribution in [0.2, 0.25) is 0 Å². The molecule has 1 atom stereocenters. The molecule has 1 amide bonds. The molecule has 0 saturated carbocycles. The van der Waals surface area contributed by atoms with Crippen molar-refractivity contribution >= 4 is 17.2 Å². The molecule has 23 heavy (non-hydrogen) atoms. The highest BCUT2D eigenvalue weighted by molar-refractivity contribution is 7.07. The number of nitrogens with zero attached hydrogens (tertiary/aromatic N) is 3. The average molecular weight is 332 g/mol. The van der Waals surface area contributed by atoms with E-state index in [1.165, 1.54) is 22.2 Å². The highest BCUT2D eigenvalue weighted by atomic mass is 32.1. The lowest BCUT2D eigenvalue weighted by Gasteiger charge is -2.07. The maximum Gasteiger partial charge on any atom is 0.273 e. The Morgan fingerprint density at radius 3 is 3.04 bits per heavy atom. The topological polar surface area (TPSA) is 93.2 Å². The molecule has 0 aliphatic carbocycles.